The second kappa shape index (κ2) is 6.02. The number of aromatic nitrogens is 1. The molecule has 0 fully saturated rings. The lowest BCUT2D eigenvalue weighted by Gasteiger charge is -2.17. The van der Waals surface area contributed by atoms with Crippen molar-refractivity contribution in [1.29, 1.82) is 0 Å². The van der Waals surface area contributed by atoms with Gasteiger partial charge in [0.2, 0.25) is 0 Å². The van der Waals surface area contributed by atoms with Crippen molar-refractivity contribution in [3.8, 4) is 5.75 Å². The van der Waals surface area contributed by atoms with Crippen LogP contribution in [0, 0.1) is 0 Å². The highest BCUT2D eigenvalue weighted by Gasteiger charge is 2.11. The van der Waals surface area contributed by atoms with Crippen LogP contribution in [0.3, 0.4) is 0 Å². The number of phenolic OH excluding ortho intramolecular Hbond substituents is 1. The minimum atomic E-state index is 0.342. The number of fused-ring (bicyclic) bond motifs is 3. The highest BCUT2D eigenvalue weighted by atomic mass is 16.3. The molecule has 120 valence electrons. The summed E-state index contributed by atoms with van der Waals surface area (Å²) in [7, 11) is 2.08. The summed E-state index contributed by atoms with van der Waals surface area (Å²) in [6.45, 7) is 1.56. The first-order valence-corrected chi connectivity index (χ1v) is 8.15. The molecule has 0 radical (unpaired) electrons. The van der Waals surface area contributed by atoms with Crippen molar-refractivity contribution in [2.75, 3.05) is 7.05 Å². The molecule has 0 aliphatic carbocycles. The molecule has 3 nitrogen and oxygen atoms in total. The maximum Gasteiger partial charge on any atom is 0.122 e. The average Bonchev–Trinajstić information content (AvgIpc) is 2.93. The van der Waals surface area contributed by atoms with Crippen molar-refractivity contribution in [2.45, 2.75) is 13.1 Å². The predicted octanol–water partition coefficient (Wildman–Crippen LogP) is 4.66. The Balaban J connectivity index is 1.66. The molecule has 0 spiro atoms. The molecule has 0 aliphatic rings. The molecule has 0 amide bonds. The van der Waals surface area contributed by atoms with Gasteiger partial charge in [-0.1, -0.05) is 48.5 Å². The summed E-state index contributed by atoms with van der Waals surface area (Å²) >= 11 is 0. The molecule has 2 N–H and O–H groups in total. The van der Waals surface area contributed by atoms with E-state index in [0.717, 1.165) is 28.5 Å². The molecule has 0 bridgehead atoms. The van der Waals surface area contributed by atoms with E-state index in [-0.39, 0.29) is 0 Å². The summed E-state index contributed by atoms with van der Waals surface area (Å²) in [5.41, 5.74) is 4.29. The molecule has 24 heavy (non-hydrogen) atoms. The number of hydrogen-bond acceptors (Lipinski definition) is 2. The summed E-state index contributed by atoms with van der Waals surface area (Å²) in [6.07, 6.45) is 0. The van der Waals surface area contributed by atoms with Gasteiger partial charge in [0.25, 0.3) is 0 Å². The fourth-order valence-corrected chi connectivity index (χ4v) is 3.30. The fraction of sp³-hybridized carbons (Fsp3) is 0.143. The van der Waals surface area contributed by atoms with Gasteiger partial charge in [-0.15, -0.1) is 0 Å². The molecule has 0 atom stereocenters. The predicted molar refractivity (Wildman–Crippen MR) is 99.1 cm³/mol. The number of H-pyrrole nitrogens is 1. The monoisotopic (exact) mass is 316 g/mol. The van der Waals surface area contributed by atoms with Crippen LogP contribution in [0.25, 0.3) is 21.8 Å². The highest BCUT2D eigenvalue weighted by molar-refractivity contribution is 6.07. The zero-order valence-electron chi connectivity index (χ0n) is 13.7. The third-order valence-electron chi connectivity index (χ3n) is 4.44. The lowest BCUT2D eigenvalue weighted by atomic mass is 10.1. The van der Waals surface area contributed by atoms with Crippen LogP contribution in [0.4, 0.5) is 0 Å². The van der Waals surface area contributed by atoms with Crippen LogP contribution in [0.2, 0.25) is 0 Å². The summed E-state index contributed by atoms with van der Waals surface area (Å²) in [6, 6.07) is 22.6. The molecular formula is C21H20N2O. The van der Waals surface area contributed by atoms with E-state index in [4.69, 9.17) is 0 Å². The maximum atomic E-state index is 10.4. The molecule has 1 aromatic heterocycles. The van der Waals surface area contributed by atoms with E-state index >= 15 is 0 Å². The third-order valence-corrected chi connectivity index (χ3v) is 4.44. The van der Waals surface area contributed by atoms with Crippen molar-refractivity contribution in [1.82, 2.24) is 9.88 Å². The van der Waals surface area contributed by atoms with E-state index in [1.165, 1.54) is 10.9 Å². The Morgan fingerprint density at radius 2 is 1.58 bits per heavy atom. The quantitative estimate of drug-likeness (QED) is 0.575. The van der Waals surface area contributed by atoms with Gasteiger partial charge in [-0.25, -0.2) is 0 Å². The summed E-state index contributed by atoms with van der Waals surface area (Å²) in [4.78, 5) is 5.58. The van der Waals surface area contributed by atoms with E-state index in [0.29, 0.717) is 12.3 Å². The van der Waals surface area contributed by atoms with Crippen LogP contribution in [0.5, 0.6) is 5.75 Å². The van der Waals surface area contributed by atoms with Crippen molar-refractivity contribution >= 4 is 21.8 Å². The van der Waals surface area contributed by atoms with Gasteiger partial charge in [-0.05, 0) is 24.7 Å². The minimum absolute atomic E-state index is 0.342. The minimum Gasteiger partial charge on any atom is -0.508 e. The molecule has 3 aromatic carbocycles. The van der Waals surface area contributed by atoms with Crippen LogP contribution in [-0.4, -0.2) is 22.0 Å². The van der Waals surface area contributed by atoms with Crippen LogP contribution < -0.4 is 0 Å². The van der Waals surface area contributed by atoms with Crippen LogP contribution in [-0.2, 0) is 13.1 Å². The highest BCUT2D eigenvalue weighted by Crippen LogP contribution is 2.31. The number of nitrogens with zero attached hydrogens (tertiary/aromatic N) is 1. The average molecular weight is 316 g/mol. The Morgan fingerprint density at radius 1 is 0.833 bits per heavy atom. The molecule has 4 rings (SSSR count). The Bertz CT molecular complexity index is 989. The van der Waals surface area contributed by atoms with Gasteiger partial charge in [0, 0.05) is 41.0 Å². The van der Waals surface area contributed by atoms with Crippen molar-refractivity contribution < 1.29 is 5.11 Å². The smallest absolute Gasteiger partial charge is 0.122 e. The number of aromatic hydroxyl groups is 1. The summed E-state index contributed by atoms with van der Waals surface area (Å²) in [5.74, 6) is 0.342. The van der Waals surface area contributed by atoms with E-state index in [2.05, 4.69) is 59.4 Å². The first-order valence-electron chi connectivity index (χ1n) is 8.15. The van der Waals surface area contributed by atoms with Crippen LogP contribution in [0.1, 0.15) is 11.1 Å². The zero-order valence-corrected chi connectivity index (χ0v) is 13.7. The van der Waals surface area contributed by atoms with Gasteiger partial charge >= 0.3 is 0 Å². The first kappa shape index (κ1) is 14.8. The Hall–Kier alpha value is -2.78. The SMILES string of the molecule is CN(Cc1ccccc1)Cc1cc2c(cc1O)[nH]c1ccccc12. The first-order chi connectivity index (χ1) is 11.7. The topological polar surface area (TPSA) is 39.3 Å². The molecule has 0 aliphatic heterocycles. The molecule has 0 saturated carbocycles. The zero-order chi connectivity index (χ0) is 16.5. The summed E-state index contributed by atoms with van der Waals surface area (Å²) in [5, 5.41) is 12.8. The van der Waals surface area contributed by atoms with Gasteiger partial charge in [0.15, 0.2) is 0 Å². The maximum absolute atomic E-state index is 10.4. The van der Waals surface area contributed by atoms with Gasteiger partial charge in [-0.2, -0.15) is 0 Å². The number of nitrogens with one attached hydrogen (secondary N) is 1. The van der Waals surface area contributed by atoms with Crippen molar-refractivity contribution in [2.24, 2.45) is 0 Å². The molecule has 0 saturated heterocycles. The Labute approximate surface area is 141 Å². The van der Waals surface area contributed by atoms with Crippen LogP contribution in [0.15, 0.2) is 66.7 Å². The normalized spacial score (nSPS) is 11.6. The largest absolute Gasteiger partial charge is 0.508 e. The van der Waals surface area contributed by atoms with Gasteiger partial charge in [-0.3, -0.25) is 4.90 Å². The van der Waals surface area contributed by atoms with E-state index in [1.807, 2.05) is 24.3 Å². The number of benzene rings is 3. The molecule has 3 heteroatoms. The van der Waals surface area contributed by atoms with E-state index < -0.39 is 0 Å². The molecular weight excluding hydrogens is 296 g/mol. The number of rotatable bonds is 4. The standard InChI is InChI=1S/C21H20N2O/c1-23(13-15-7-3-2-4-8-15)14-16-11-18-17-9-5-6-10-19(17)22-20(18)12-21(16)24/h2-12,22,24H,13-14H2,1H3. The second-order valence-electron chi connectivity index (χ2n) is 6.35. The molecule has 4 aromatic rings. The third kappa shape index (κ3) is 2.74. The Morgan fingerprint density at radius 3 is 2.42 bits per heavy atom. The number of aromatic amines is 1. The summed E-state index contributed by atoms with van der Waals surface area (Å²) < 4.78 is 0. The lowest BCUT2D eigenvalue weighted by Crippen LogP contribution is -2.17. The van der Waals surface area contributed by atoms with Gasteiger partial charge < -0.3 is 10.1 Å². The van der Waals surface area contributed by atoms with Crippen molar-refractivity contribution in [3.05, 3.63) is 77.9 Å². The lowest BCUT2D eigenvalue weighted by molar-refractivity contribution is 0.313. The second-order valence-corrected chi connectivity index (χ2v) is 6.35. The molecule has 0 unspecified atom stereocenters. The molecule has 1 heterocycles. The Kier molecular flexibility index (Phi) is 3.71. The number of para-hydroxylation sites is 1. The number of phenols is 1. The number of hydrogen-bond donors (Lipinski definition) is 2. The van der Waals surface area contributed by atoms with Crippen molar-refractivity contribution in [3.63, 3.8) is 0 Å². The van der Waals surface area contributed by atoms with E-state index in [9.17, 15) is 5.11 Å². The van der Waals surface area contributed by atoms with Crippen LogP contribution >= 0.6 is 0 Å². The van der Waals surface area contributed by atoms with Gasteiger partial charge in [0.05, 0.1) is 5.52 Å². The van der Waals surface area contributed by atoms with E-state index in [1.54, 1.807) is 0 Å². The van der Waals surface area contributed by atoms with Gasteiger partial charge in [0.1, 0.15) is 5.75 Å². The fourth-order valence-electron chi connectivity index (χ4n) is 3.30.